The molecule has 3 aromatic heterocycles. The molecule has 13 rings (SSSR count). The van der Waals surface area contributed by atoms with Gasteiger partial charge in [0.1, 0.15) is 35.8 Å². The monoisotopic (exact) mass is 1720 g/mol. The third kappa shape index (κ3) is 22.5. The molecule has 8 heterocycles. The summed E-state index contributed by atoms with van der Waals surface area (Å²) in [5.41, 5.74) is 10.3. The predicted octanol–water partition coefficient (Wildman–Crippen LogP) is 13.8. The summed E-state index contributed by atoms with van der Waals surface area (Å²) in [5.74, 6) is -1.21. The molecule has 1 unspecified atom stereocenters. The van der Waals surface area contributed by atoms with Crippen molar-refractivity contribution in [2.75, 3.05) is 127 Å². The first kappa shape index (κ1) is 88.9. The summed E-state index contributed by atoms with van der Waals surface area (Å²) in [6, 6.07) is 28.0. The minimum Gasteiger partial charge on any atom is -0.476 e. The highest BCUT2D eigenvalue weighted by Gasteiger charge is 2.45. The number of aliphatic hydroxyl groups excluding tert-OH is 1. The van der Waals surface area contributed by atoms with Crippen molar-refractivity contribution in [3.8, 4) is 16.3 Å². The highest BCUT2D eigenvalue weighted by Crippen LogP contribution is 2.46. The normalized spacial score (nSPS) is 19.8. The van der Waals surface area contributed by atoms with Gasteiger partial charge in [0, 0.05) is 161 Å². The number of nitro benzene ring substituents is 1. The van der Waals surface area contributed by atoms with E-state index in [2.05, 4.69) is 79.1 Å². The number of aromatic nitrogens is 3. The number of anilines is 4. The second kappa shape index (κ2) is 39.1. The lowest BCUT2D eigenvalue weighted by atomic mass is 9.71. The number of sulfonamides is 1. The summed E-state index contributed by atoms with van der Waals surface area (Å²) >= 11 is 8.08. The van der Waals surface area contributed by atoms with Gasteiger partial charge in [-0.3, -0.25) is 43.9 Å². The number of amides is 5. The van der Waals surface area contributed by atoms with E-state index in [0.717, 1.165) is 129 Å². The Morgan fingerprint density at radius 3 is 2.26 bits per heavy atom. The average Bonchev–Trinajstić information content (AvgIpc) is 1.46. The van der Waals surface area contributed by atoms with Crippen molar-refractivity contribution in [2.45, 2.75) is 187 Å². The molecule has 4 fully saturated rings. The molecule has 5 atom stereocenters. The SMILES string of the molecule is Cc1ncsc1-c1ccc([C@H](C)NC(=O)[C@@H]2C[C@@H](O)CN2C(=O)[C@@H](NC(=O)CCCCCCC(=O)N2CCN(CC3(C)CCC(c4ccc(Cl)cc4)=C(CN4CCN(c5ccc(C(=O)NS(=O)(=O)c6ccc(NCC7CCOCC7)c([N+](=O)[O-])c6)c(N6CCCOc7nc8c(ccn8COCC[Si](C)(C)C)cc76)c5)CC4)C3)CC2)C(C)(C)C)cc1. The number of aryl methyl sites for hydroxylation is 1. The molecule has 0 bridgehead atoms. The Kier molecular flexibility index (Phi) is 29.0. The van der Waals surface area contributed by atoms with Crippen molar-refractivity contribution in [3.05, 3.63) is 152 Å². The first-order valence-electron chi connectivity index (χ1n) is 42.6. The van der Waals surface area contributed by atoms with Gasteiger partial charge in [-0.05, 0) is 165 Å². The van der Waals surface area contributed by atoms with E-state index in [1.807, 2.05) is 121 Å². The fraction of sp³-hybridized carbons (Fsp3) is 0.539. The molecular weight excluding hydrogens is 1600 g/mol. The van der Waals surface area contributed by atoms with Crippen LogP contribution in [0.3, 0.4) is 0 Å². The summed E-state index contributed by atoms with van der Waals surface area (Å²) in [7, 11) is -6.01. The Labute approximate surface area is 715 Å². The van der Waals surface area contributed by atoms with Crippen LogP contribution in [0.15, 0.2) is 119 Å². The van der Waals surface area contributed by atoms with Crippen molar-refractivity contribution in [3.63, 3.8) is 0 Å². The second-order valence-corrected chi connectivity index (χ2v) is 44.6. The van der Waals surface area contributed by atoms with Crippen LogP contribution in [0.2, 0.25) is 30.7 Å². The van der Waals surface area contributed by atoms with Crippen LogP contribution < -0.4 is 35.2 Å². The number of unbranched alkanes of at least 4 members (excludes halogenated alkanes) is 3. The van der Waals surface area contributed by atoms with Crippen molar-refractivity contribution in [1.82, 2.24) is 49.5 Å². The van der Waals surface area contributed by atoms with Crippen molar-refractivity contribution >= 4 is 116 Å². The number of carbonyl (C=O) groups excluding carboxylic acids is 5. The Balaban J connectivity index is 0.611. The second-order valence-electron chi connectivity index (χ2n) is 36.0. The zero-order valence-electron chi connectivity index (χ0n) is 70.9. The summed E-state index contributed by atoms with van der Waals surface area (Å²) < 4.78 is 51.1. The molecule has 5 amide bonds. The third-order valence-corrected chi connectivity index (χ3v) is 28.7. The fourth-order valence-corrected chi connectivity index (χ4v) is 20.1. The lowest BCUT2D eigenvalue weighted by Crippen LogP contribution is -2.57. The molecule has 7 aromatic rings. The lowest BCUT2D eigenvalue weighted by molar-refractivity contribution is -0.384. The highest BCUT2D eigenvalue weighted by atomic mass is 35.5. The van der Waals surface area contributed by atoms with Gasteiger partial charge in [-0.1, -0.05) is 114 Å². The molecule has 6 aliphatic rings. The van der Waals surface area contributed by atoms with Gasteiger partial charge in [0.2, 0.25) is 29.5 Å². The number of hydrogen-bond acceptors (Lipinski definition) is 21. The predicted molar refractivity (Wildman–Crippen MR) is 473 cm³/mol. The molecule has 1 aliphatic carbocycles. The van der Waals surface area contributed by atoms with Crippen LogP contribution in [0.4, 0.5) is 28.4 Å². The minimum absolute atomic E-state index is 0.0149. The van der Waals surface area contributed by atoms with Gasteiger partial charge in [-0.2, -0.15) is 4.98 Å². The van der Waals surface area contributed by atoms with E-state index >= 15 is 0 Å². The van der Waals surface area contributed by atoms with Crippen LogP contribution >= 0.6 is 22.9 Å². The van der Waals surface area contributed by atoms with Gasteiger partial charge in [-0.25, -0.2) is 18.1 Å². The molecule has 0 saturated carbocycles. The van der Waals surface area contributed by atoms with Crippen LogP contribution in [0.5, 0.6) is 5.88 Å². The molecule has 0 radical (unpaired) electrons. The number of β-amino-alcohol motifs (C(OH)–C–C–N with tert-alkyl or cyclic N) is 1. The summed E-state index contributed by atoms with van der Waals surface area (Å²) in [5, 5.41) is 34.1. The first-order chi connectivity index (χ1) is 57.3. The van der Waals surface area contributed by atoms with Gasteiger partial charge in [0.05, 0.1) is 55.9 Å². The number of thiazole rings is 1. The Bertz CT molecular complexity index is 4960. The quantitative estimate of drug-likeness (QED) is 0.0113. The number of carbonyl (C=O) groups is 5. The van der Waals surface area contributed by atoms with E-state index in [0.29, 0.717) is 126 Å². The maximum Gasteiger partial charge on any atom is 0.293 e. The number of halogens is 1. The maximum absolute atomic E-state index is 14.9. The Hall–Kier alpha value is -8.85. The van der Waals surface area contributed by atoms with E-state index in [-0.39, 0.29) is 65.7 Å². The molecule has 5 aliphatic heterocycles. The molecule has 5 N–H and O–H groups in total. The number of piperazine rings is 2. The number of allylic oxidation sites excluding steroid dienone is 1. The van der Waals surface area contributed by atoms with Gasteiger partial charge in [0.25, 0.3) is 21.6 Å². The maximum atomic E-state index is 14.9. The van der Waals surface area contributed by atoms with E-state index in [1.54, 1.807) is 17.4 Å². The Morgan fingerprint density at radius 2 is 1.56 bits per heavy atom. The van der Waals surface area contributed by atoms with Crippen LogP contribution in [0.25, 0.3) is 27.0 Å². The molecule has 120 heavy (non-hydrogen) atoms. The van der Waals surface area contributed by atoms with Gasteiger partial charge in [0.15, 0.2) is 0 Å². The van der Waals surface area contributed by atoms with Crippen LogP contribution in [0.1, 0.15) is 151 Å². The number of fused-ring (bicyclic) bond motifs is 2. The zero-order chi connectivity index (χ0) is 85.2. The number of nitro groups is 1. The number of nitrogens with zero attached hydrogens (tertiary/aromatic N) is 10. The van der Waals surface area contributed by atoms with Gasteiger partial charge in [-0.15, -0.1) is 11.3 Å². The topological polar surface area (TPSA) is 309 Å². The van der Waals surface area contributed by atoms with Crippen molar-refractivity contribution < 1.29 is 56.6 Å². The smallest absolute Gasteiger partial charge is 0.293 e. The standard InChI is InChI=1S/C89H119ClN14O13S2Si/c1-60(63-17-19-65(20-18-63)81-61(2)92-58-118-81)93-85(109)77-51-70(105)56-103(77)87(110)82(88(3,4)5)94-79(106)15-12-10-11-13-16-80(107)100-42-38-98(39-43-100)57-89(6)33-29-72(64-21-23-68(90)24-22-64)67(53-89)55-97-36-40-99(41-37-97)69-25-27-73(84(108)96-119(113,114)71-26-28-74(76(52-71)104(111)112)91-54-62-31-45-115-46-32-62)75(50-69)102-34-14-44-117-86-78(102)49-66-30-35-101(83(66)95-86)59-116-47-48-120(7,8)9/h17-28,30,35,49-50,52,58,60,62,70,77,82,91,105H,10-16,29,31-34,36-48,51,53-57,59H2,1-9H3,(H,93,109)(H,94,106)(H,96,108)/t60-,70+,77-,82+,89?/m0/s1. The first-order valence-corrected chi connectivity index (χ1v) is 49.1. The average molecular weight is 1720 g/mol. The molecule has 4 saturated heterocycles. The largest absolute Gasteiger partial charge is 0.476 e. The van der Waals surface area contributed by atoms with E-state index in [4.69, 9.17) is 30.8 Å². The summed E-state index contributed by atoms with van der Waals surface area (Å²) in [6.07, 6.45) is 9.52. The highest BCUT2D eigenvalue weighted by molar-refractivity contribution is 7.90. The van der Waals surface area contributed by atoms with Crippen LogP contribution in [-0.4, -0.2) is 220 Å². The number of hydrogen-bond donors (Lipinski definition) is 5. The van der Waals surface area contributed by atoms with E-state index in [1.165, 1.54) is 33.7 Å². The Morgan fingerprint density at radius 1 is 0.842 bits per heavy atom. The van der Waals surface area contributed by atoms with Crippen molar-refractivity contribution in [1.29, 1.82) is 0 Å². The number of benzene rings is 4. The summed E-state index contributed by atoms with van der Waals surface area (Å²) in [4.78, 5) is 105. The summed E-state index contributed by atoms with van der Waals surface area (Å²) in [6.45, 7) is 29.5. The molecule has 0 spiro atoms. The van der Waals surface area contributed by atoms with Gasteiger partial charge < -0.3 is 59.4 Å². The molecule has 646 valence electrons. The molecular formula is C89H119ClN14O13S2Si. The van der Waals surface area contributed by atoms with Crippen molar-refractivity contribution in [2.24, 2.45) is 16.7 Å². The van der Waals surface area contributed by atoms with Crippen LogP contribution in [-0.2, 0) is 45.4 Å². The fourth-order valence-electron chi connectivity index (χ4n) is 17.4. The number of rotatable bonds is 32. The molecule has 4 aromatic carbocycles. The number of aliphatic hydroxyl groups is 1. The number of ether oxygens (including phenoxy) is 3. The number of nitrogens with one attached hydrogen (secondary N) is 4. The van der Waals surface area contributed by atoms with Crippen LogP contribution in [0, 0.1) is 33.8 Å². The molecule has 27 nitrogen and oxygen atoms in total. The number of pyridine rings is 1. The van der Waals surface area contributed by atoms with Gasteiger partial charge >= 0.3 is 0 Å². The zero-order valence-corrected chi connectivity index (χ0v) is 74.3. The lowest BCUT2D eigenvalue weighted by Gasteiger charge is -2.44. The molecule has 31 heteroatoms. The number of likely N-dealkylation sites (tertiary alicyclic amines) is 1. The third-order valence-electron chi connectivity index (χ3n) is 24.4. The van der Waals surface area contributed by atoms with E-state index in [9.17, 15) is 47.6 Å². The van der Waals surface area contributed by atoms with E-state index < -0.39 is 69.0 Å². The minimum atomic E-state index is -4.67.